The summed E-state index contributed by atoms with van der Waals surface area (Å²) in [5.41, 5.74) is 0.191. The minimum absolute atomic E-state index is 0.0424. The third-order valence-corrected chi connectivity index (χ3v) is 8.35. The second kappa shape index (κ2) is 10.5. The number of nitrogens with one attached hydrogen (secondary N) is 1. The van der Waals surface area contributed by atoms with Crippen molar-refractivity contribution in [3.63, 3.8) is 0 Å². The van der Waals surface area contributed by atoms with Gasteiger partial charge in [0.25, 0.3) is 0 Å². The fourth-order valence-electron chi connectivity index (χ4n) is 5.25. The zero-order valence-electron chi connectivity index (χ0n) is 23.1. The zero-order chi connectivity index (χ0) is 29.6. The molecule has 0 saturated carbocycles. The number of carbonyl (C=O) groups excluding carboxylic acids is 1. The normalized spacial score (nSPS) is 16.0. The highest BCUT2D eigenvalue weighted by molar-refractivity contribution is 7.90. The number of para-hydroxylation sites is 1. The van der Waals surface area contributed by atoms with E-state index in [-0.39, 0.29) is 56.7 Å². The molecule has 5 rings (SSSR count). The van der Waals surface area contributed by atoms with Gasteiger partial charge in [0.1, 0.15) is 11.5 Å². The van der Waals surface area contributed by atoms with Crippen LogP contribution >= 0.6 is 0 Å². The number of pyridine rings is 1. The van der Waals surface area contributed by atoms with E-state index < -0.39 is 21.3 Å². The molecule has 0 unspecified atom stereocenters. The van der Waals surface area contributed by atoms with Gasteiger partial charge in [-0.15, -0.1) is 0 Å². The van der Waals surface area contributed by atoms with Crippen molar-refractivity contribution in [3.05, 3.63) is 71.0 Å². The Hall–Kier alpha value is -4.39. The fraction of sp³-hybridized carbons (Fsp3) is 0.321. The van der Waals surface area contributed by atoms with E-state index >= 15 is 4.39 Å². The summed E-state index contributed by atoms with van der Waals surface area (Å²) in [5, 5.41) is 6.81. The Kier molecular flexibility index (Phi) is 7.24. The quantitative estimate of drug-likeness (QED) is 0.345. The number of benzene rings is 1. The molecule has 1 aromatic carbocycles. The highest BCUT2D eigenvalue weighted by atomic mass is 32.2. The molecule has 214 valence electrons. The molecular weight excluding hydrogens is 549 g/mol. The Bertz CT molecular complexity index is 1830. The van der Waals surface area contributed by atoms with Gasteiger partial charge in [0.05, 0.1) is 21.7 Å². The highest BCUT2D eigenvalue weighted by Crippen LogP contribution is 2.34. The minimum Gasteiger partial charge on any atom is -0.350 e. The summed E-state index contributed by atoms with van der Waals surface area (Å²) in [6.45, 7) is 10.2. The molecule has 1 fully saturated rings. The van der Waals surface area contributed by atoms with Gasteiger partial charge in [-0.3, -0.25) is 9.89 Å². The van der Waals surface area contributed by atoms with Gasteiger partial charge in [-0.2, -0.15) is 10.1 Å². The number of H-pyrrole nitrogens is 1. The lowest BCUT2D eigenvalue weighted by molar-refractivity contribution is -0.126. The maximum absolute atomic E-state index is 15.6. The molecule has 1 saturated heterocycles. The third-order valence-electron chi connectivity index (χ3n) is 7.22. The van der Waals surface area contributed by atoms with Crippen molar-refractivity contribution >= 4 is 32.6 Å². The van der Waals surface area contributed by atoms with Gasteiger partial charge in [0.15, 0.2) is 21.3 Å². The molecule has 11 nitrogen and oxygen atoms in total. The summed E-state index contributed by atoms with van der Waals surface area (Å²) in [6, 6.07) is 7.33. The van der Waals surface area contributed by atoms with Gasteiger partial charge in [-0.1, -0.05) is 32.6 Å². The Morgan fingerprint density at radius 3 is 2.59 bits per heavy atom. The number of rotatable bonds is 6. The summed E-state index contributed by atoms with van der Waals surface area (Å²) in [4.78, 5) is 38.6. The fourth-order valence-corrected chi connectivity index (χ4v) is 6.13. The number of piperazine rings is 1. The number of carbonyl (C=O) groups is 1. The number of aromatic nitrogens is 5. The number of fused-ring (bicyclic) bond motifs is 1. The standard InChI is InChI=1S/C28H30FN7O4S/c1-6-23(37)34-12-13-35(17(4)15-34)26-19-14-20(29)24(21-10-11-30-33-21)31-27(19)36(28(38)32-26)25-18(16(2)3)8-7-9-22(25)41(5,39)40/h6-11,14,16-17H,1,12-13,15H2,2-5H3,(H,30,33)/t17-/m0/s1. The Morgan fingerprint density at radius 1 is 1.22 bits per heavy atom. The van der Waals surface area contributed by atoms with Crippen LogP contribution in [0.15, 0.2) is 58.9 Å². The number of hydrogen-bond acceptors (Lipinski definition) is 8. The molecular formula is C28H30FN7O4S. The molecule has 1 aliphatic heterocycles. The monoisotopic (exact) mass is 579 g/mol. The molecule has 4 aromatic rings. The molecule has 4 heterocycles. The van der Waals surface area contributed by atoms with Gasteiger partial charge in [0.2, 0.25) is 5.91 Å². The molecule has 0 bridgehead atoms. The average Bonchev–Trinajstić information content (AvgIpc) is 3.46. The second-order valence-electron chi connectivity index (χ2n) is 10.4. The summed E-state index contributed by atoms with van der Waals surface area (Å²) in [6.07, 6.45) is 3.77. The van der Waals surface area contributed by atoms with E-state index in [0.29, 0.717) is 25.2 Å². The van der Waals surface area contributed by atoms with Crippen LogP contribution in [0.2, 0.25) is 0 Å². The van der Waals surface area contributed by atoms with Gasteiger partial charge in [-0.05, 0) is 42.7 Å². The van der Waals surface area contributed by atoms with Crippen molar-refractivity contribution in [2.75, 3.05) is 30.8 Å². The van der Waals surface area contributed by atoms with Crippen molar-refractivity contribution in [2.45, 2.75) is 37.6 Å². The highest BCUT2D eigenvalue weighted by Gasteiger charge is 2.31. The van der Waals surface area contributed by atoms with E-state index in [0.717, 1.165) is 10.8 Å². The van der Waals surface area contributed by atoms with Crippen molar-refractivity contribution in [2.24, 2.45) is 0 Å². The molecule has 1 N–H and O–H groups in total. The van der Waals surface area contributed by atoms with Gasteiger partial charge >= 0.3 is 5.69 Å². The lowest BCUT2D eigenvalue weighted by Crippen LogP contribution is -2.54. The minimum atomic E-state index is -3.80. The van der Waals surface area contributed by atoms with Crippen LogP contribution in [0, 0.1) is 5.82 Å². The number of nitrogens with zero attached hydrogens (tertiary/aromatic N) is 6. The van der Waals surface area contributed by atoms with Crippen LogP contribution in [0.1, 0.15) is 32.3 Å². The van der Waals surface area contributed by atoms with Crippen LogP contribution in [0.4, 0.5) is 10.2 Å². The summed E-state index contributed by atoms with van der Waals surface area (Å²) in [5.74, 6) is -0.856. The van der Waals surface area contributed by atoms with E-state index in [9.17, 15) is 18.0 Å². The third kappa shape index (κ3) is 5.01. The maximum atomic E-state index is 15.6. The number of anilines is 1. The zero-order valence-corrected chi connectivity index (χ0v) is 23.9. The molecule has 1 aliphatic rings. The maximum Gasteiger partial charge on any atom is 0.355 e. The van der Waals surface area contributed by atoms with Crippen LogP contribution in [-0.2, 0) is 14.6 Å². The largest absolute Gasteiger partial charge is 0.355 e. The first kappa shape index (κ1) is 28.1. The predicted molar refractivity (Wildman–Crippen MR) is 153 cm³/mol. The van der Waals surface area contributed by atoms with Crippen LogP contribution in [-0.4, -0.2) is 75.9 Å². The first-order chi connectivity index (χ1) is 19.4. The Balaban J connectivity index is 1.85. The molecule has 0 spiro atoms. The van der Waals surface area contributed by atoms with Crippen LogP contribution < -0.4 is 10.6 Å². The summed E-state index contributed by atoms with van der Waals surface area (Å²) in [7, 11) is -3.80. The van der Waals surface area contributed by atoms with Crippen molar-refractivity contribution in [1.29, 1.82) is 0 Å². The van der Waals surface area contributed by atoms with Gasteiger partial charge in [-0.25, -0.2) is 27.2 Å². The summed E-state index contributed by atoms with van der Waals surface area (Å²) >= 11 is 0. The molecule has 41 heavy (non-hydrogen) atoms. The van der Waals surface area contributed by atoms with Gasteiger partial charge < -0.3 is 9.80 Å². The SMILES string of the molecule is C=CC(=O)N1CCN(c2nc(=O)n(-c3c(C(C)C)cccc3S(C)(=O)=O)c3nc(-c4ccn[nH]4)c(F)cc23)[C@@H](C)C1. The van der Waals surface area contributed by atoms with Crippen molar-refractivity contribution in [1.82, 2.24) is 29.6 Å². The van der Waals surface area contributed by atoms with E-state index in [4.69, 9.17) is 0 Å². The first-order valence-electron chi connectivity index (χ1n) is 13.1. The lowest BCUT2D eigenvalue weighted by atomic mass is 10.0. The van der Waals surface area contributed by atoms with E-state index in [1.807, 2.05) is 25.7 Å². The molecule has 1 atom stereocenters. The van der Waals surface area contributed by atoms with Crippen LogP contribution in [0.5, 0.6) is 0 Å². The van der Waals surface area contributed by atoms with E-state index in [1.54, 1.807) is 23.1 Å². The number of hydrogen-bond donors (Lipinski definition) is 1. The molecule has 1 amide bonds. The smallest absolute Gasteiger partial charge is 0.350 e. The number of sulfone groups is 1. The Labute approximate surface area is 236 Å². The number of amides is 1. The first-order valence-corrected chi connectivity index (χ1v) is 15.0. The Morgan fingerprint density at radius 2 is 1.98 bits per heavy atom. The lowest BCUT2D eigenvalue weighted by Gasteiger charge is -2.40. The second-order valence-corrected chi connectivity index (χ2v) is 12.3. The van der Waals surface area contributed by atoms with E-state index in [2.05, 4.69) is 26.7 Å². The van der Waals surface area contributed by atoms with E-state index in [1.165, 1.54) is 24.4 Å². The average molecular weight is 580 g/mol. The number of aromatic amines is 1. The number of halogens is 1. The topological polar surface area (TPSA) is 134 Å². The van der Waals surface area contributed by atoms with Crippen LogP contribution in [0.3, 0.4) is 0 Å². The molecule has 3 aromatic heterocycles. The van der Waals surface area contributed by atoms with Crippen molar-refractivity contribution < 1.29 is 17.6 Å². The predicted octanol–water partition coefficient (Wildman–Crippen LogP) is 3.06. The molecule has 0 radical (unpaired) electrons. The molecule has 13 heteroatoms. The molecule has 0 aliphatic carbocycles. The van der Waals surface area contributed by atoms with Crippen molar-refractivity contribution in [3.8, 4) is 17.1 Å². The summed E-state index contributed by atoms with van der Waals surface area (Å²) < 4.78 is 42.7. The van der Waals surface area contributed by atoms with Crippen LogP contribution in [0.25, 0.3) is 28.1 Å². The van der Waals surface area contributed by atoms with Gasteiger partial charge in [0, 0.05) is 38.1 Å².